The summed E-state index contributed by atoms with van der Waals surface area (Å²) in [5.74, 6) is 0.226. The maximum atomic E-state index is 10.5. The van der Waals surface area contributed by atoms with Crippen molar-refractivity contribution in [3.05, 3.63) is 59.2 Å². The second-order valence-corrected chi connectivity index (χ2v) is 3.85. The van der Waals surface area contributed by atoms with E-state index in [9.17, 15) is 9.90 Å². The van der Waals surface area contributed by atoms with Gasteiger partial charge in [0.1, 0.15) is 11.5 Å². The van der Waals surface area contributed by atoms with Crippen molar-refractivity contribution in [3.8, 4) is 11.5 Å². The molecule has 0 bridgehead atoms. The Kier molecular flexibility index (Phi) is 3.10. The number of carbonyl (C=O) groups is 1. The average Bonchev–Trinajstić information content (AvgIpc) is 2.32. The predicted molar refractivity (Wildman–Crippen MR) is 64.4 cm³/mol. The van der Waals surface area contributed by atoms with E-state index in [4.69, 9.17) is 5.11 Å². The van der Waals surface area contributed by atoms with Crippen LogP contribution in [0.2, 0.25) is 0 Å². The van der Waals surface area contributed by atoms with Crippen LogP contribution in [0.4, 0.5) is 0 Å². The summed E-state index contributed by atoms with van der Waals surface area (Å²) in [6.07, 6.45) is 1.27. The van der Waals surface area contributed by atoms with Crippen molar-refractivity contribution in [2.45, 2.75) is 6.42 Å². The minimum atomic E-state index is -0.00345. The van der Waals surface area contributed by atoms with E-state index in [-0.39, 0.29) is 11.5 Å². The molecule has 3 heteroatoms. The van der Waals surface area contributed by atoms with E-state index in [0.29, 0.717) is 18.3 Å². The van der Waals surface area contributed by atoms with Crippen molar-refractivity contribution in [1.29, 1.82) is 0 Å². The molecule has 3 nitrogen and oxygen atoms in total. The number of aromatic hydroxyl groups is 2. The molecule has 0 heterocycles. The normalized spacial score (nSPS) is 10.1. The molecule has 0 aliphatic carbocycles. The number of rotatable bonds is 3. The zero-order chi connectivity index (χ0) is 12.3. The van der Waals surface area contributed by atoms with E-state index in [0.717, 1.165) is 11.1 Å². The molecule has 0 amide bonds. The second kappa shape index (κ2) is 4.70. The molecule has 0 aliphatic heterocycles. The molecule has 0 unspecified atom stereocenters. The number of benzene rings is 2. The van der Waals surface area contributed by atoms with E-state index in [1.165, 1.54) is 0 Å². The zero-order valence-electron chi connectivity index (χ0n) is 9.13. The fourth-order valence-electron chi connectivity index (χ4n) is 1.65. The van der Waals surface area contributed by atoms with Gasteiger partial charge in [-0.15, -0.1) is 0 Å². The van der Waals surface area contributed by atoms with Crippen molar-refractivity contribution in [1.82, 2.24) is 0 Å². The highest BCUT2D eigenvalue weighted by Gasteiger charge is 2.02. The van der Waals surface area contributed by atoms with Gasteiger partial charge in [-0.3, -0.25) is 4.79 Å². The first-order valence-corrected chi connectivity index (χ1v) is 5.24. The molecule has 17 heavy (non-hydrogen) atoms. The highest BCUT2D eigenvalue weighted by Crippen LogP contribution is 2.20. The summed E-state index contributed by atoms with van der Waals surface area (Å²) in [6.45, 7) is 0. The Bertz CT molecular complexity index is 530. The highest BCUT2D eigenvalue weighted by atomic mass is 16.3. The Morgan fingerprint density at radius 3 is 2.18 bits per heavy atom. The number of carbonyl (C=O) groups excluding carboxylic acids is 1. The highest BCUT2D eigenvalue weighted by molar-refractivity contribution is 5.79. The lowest BCUT2D eigenvalue weighted by Gasteiger charge is -2.04. The van der Waals surface area contributed by atoms with Gasteiger partial charge in [0, 0.05) is 0 Å². The molecule has 2 aromatic rings. The minimum absolute atomic E-state index is 0.00345. The van der Waals surface area contributed by atoms with Gasteiger partial charge < -0.3 is 10.2 Å². The molecule has 0 saturated carbocycles. The van der Waals surface area contributed by atoms with Crippen LogP contribution in [0.15, 0.2) is 42.5 Å². The van der Waals surface area contributed by atoms with Gasteiger partial charge in [0.05, 0.1) is 5.56 Å². The van der Waals surface area contributed by atoms with Crippen LogP contribution in [0.3, 0.4) is 0 Å². The Hall–Kier alpha value is -2.29. The molecule has 2 aromatic carbocycles. The molecular formula is C14H12O3. The largest absolute Gasteiger partial charge is 0.508 e. The molecule has 2 N–H and O–H groups in total. The molecule has 0 aliphatic rings. The van der Waals surface area contributed by atoms with Crippen LogP contribution in [-0.2, 0) is 6.42 Å². The Labute approximate surface area is 99.0 Å². The van der Waals surface area contributed by atoms with Crippen molar-refractivity contribution in [3.63, 3.8) is 0 Å². The summed E-state index contributed by atoms with van der Waals surface area (Å²) in [6, 6.07) is 11.9. The topological polar surface area (TPSA) is 57.5 Å². The standard InChI is InChI=1S/C14H12O3/c15-9-12-4-1-11(8-14(12)17)7-10-2-5-13(16)6-3-10/h1-6,8-9,16-17H,7H2. The van der Waals surface area contributed by atoms with E-state index in [1.807, 2.05) is 12.1 Å². The fourth-order valence-corrected chi connectivity index (χ4v) is 1.65. The van der Waals surface area contributed by atoms with Gasteiger partial charge in [0.2, 0.25) is 0 Å². The van der Waals surface area contributed by atoms with Crippen LogP contribution in [0.25, 0.3) is 0 Å². The maximum Gasteiger partial charge on any atom is 0.153 e. The summed E-state index contributed by atoms with van der Waals surface area (Å²) in [5, 5.41) is 18.7. The predicted octanol–water partition coefficient (Wildman–Crippen LogP) is 2.50. The molecule has 0 radical (unpaired) electrons. The zero-order valence-corrected chi connectivity index (χ0v) is 9.13. The molecule has 0 spiro atoms. The van der Waals surface area contributed by atoms with Crippen molar-refractivity contribution in [2.75, 3.05) is 0 Å². The van der Waals surface area contributed by atoms with Gasteiger partial charge >= 0.3 is 0 Å². The lowest BCUT2D eigenvalue weighted by atomic mass is 10.0. The average molecular weight is 228 g/mol. The van der Waals surface area contributed by atoms with E-state index in [2.05, 4.69) is 0 Å². The minimum Gasteiger partial charge on any atom is -0.508 e. The van der Waals surface area contributed by atoms with Crippen LogP contribution in [0, 0.1) is 0 Å². The lowest BCUT2D eigenvalue weighted by Crippen LogP contribution is -1.89. The molecule has 86 valence electrons. The number of phenols is 2. The first-order valence-electron chi connectivity index (χ1n) is 5.24. The molecule has 0 atom stereocenters. The smallest absolute Gasteiger partial charge is 0.153 e. The van der Waals surface area contributed by atoms with Crippen LogP contribution < -0.4 is 0 Å². The quantitative estimate of drug-likeness (QED) is 0.793. The molecule has 2 rings (SSSR count). The Balaban J connectivity index is 2.21. The third-order valence-electron chi connectivity index (χ3n) is 2.57. The molecule has 0 saturated heterocycles. The monoisotopic (exact) mass is 228 g/mol. The Morgan fingerprint density at radius 1 is 0.941 bits per heavy atom. The van der Waals surface area contributed by atoms with Gasteiger partial charge in [0.25, 0.3) is 0 Å². The second-order valence-electron chi connectivity index (χ2n) is 3.85. The van der Waals surface area contributed by atoms with Crippen molar-refractivity contribution >= 4 is 6.29 Å². The summed E-state index contributed by atoms with van der Waals surface area (Å²) in [5.41, 5.74) is 2.24. The lowest BCUT2D eigenvalue weighted by molar-refractivity contribution is 0.112. The summed E-state index contributed by atoms with van der Waals surface area (Å²) in [7, 11) is 0. The number of aldehydes is 1. The van der Waals surface area contributed by atoms with Gasteiger partial charge in [-0.2, -0.15) is 0 Å². The summed E-state index contributed by atoms with van der Waals surface area (Å²) < 4.78 is 0. The van der Waals surface area contributed by atoms with Crippen molar-refractivity contribution in [2.24, 2.45) is 0 Å². The number of phenolic OH excluding ortho intramolecular Hbond substituents is 2. The van der Waals surface area contributed by atoms with Gasteiger partial charge in [-0.05, 0) is 41.8 Å². The van der Waals surface area contributed by atoms with E-state index >= 15 is 0 Å². The van der Waals surface area contributed by atoms with Crippen LogP contribution in [0.5, 0.6) is 11.5 Å². The number of hydrogen-bond acceptors (Lipinski definition) is 3. The summed E-state index contributed by atoms with van der Waals surface area (Å²) in [4.78, 5) is 10.5. The first kappa shape index (κ1) is 11.2. The third kappa shape index (κ3) is 2.64. The summed E-state index contributed by atoms with van der Waals surface area (Å²) >= 11 is 0. The van der Waals surface area contributed by atoms with Crippen molar-refractivity contribution < 1.29 is 15.0 Å². The van der Waals surface area contributed by atoms with Gasteiger partial charge in [0.15, 0.2) is 6.29 Å². The first-order chi connectivity index (χ1) is 8.19. The van der Waals surface area contributed by atoms with Crippen LogP contribution in [-0.4, -0.2) is 16.5 Å². The number of hydrogen-bond donors (Lipinski definition) is 2. The fraction of sp³-hybridized carbons (Fsp3) is 0.0714. The Morgan fingerprint density at radius 2 is 1.59 bits per heavy atom. The van der Waals surface area contributed by atoms with Gasteiger partial charge in [-0.1, -0.05) is 18.2 Å². The SMILES string of the molecule is O=Cc1ccc(Cc2ccc(O)cc2)cc1O. The molecule has 0 fully saturated rings. The van der Waals surface area contributed by atoms with E-state index < -0.39 is 0 Å². The van der Waals surface area contributed by atoms with E-state index in [1.54, 1.807) is 30.3 Å². The van der Waals surface area contributed by atoms with Crippen LogP contribution in [0.1, 0.15) is 21.5 Å². The van der Waals surface area contributed by atoms with Gasteiger partial charge in [-0.25, -0.2) is 0 Å². The molecule has 0 aromatic heterocycles. The third-order valence-corrected chi connectivity index (χ3v) is 2.57. The molecular weight excluding hydrogens is 216 g/mol. The van der Waals surface area contributed by atoms with Crippen LogP contribution >= 0.6 is 0 Å². The maximum absolute atomic E-state index is 10.5.